The molecule has 0 bridgehead atoms. The summed E-state index contributed by atoms with van der Waals surface area (Å²) in [4.78, 5) is 17.8. The molecular formula is C10H18N4O3. The molecular weight excluding hydrogens is 224 g/mol. The molecule has 1 rings (SSSR count). The average molecular weight is 242 g/mol. The van der Waals surface area contributed by atoms with Crippen LogP contribution in [0.3, 0.4) is 0 Å². The Morgan fingerprint density at radius 1 is 1.47 bits per heavy atom. The van der Waals surface area contributed by atoms with Crippen molar-refractivity contribution in [1.82, 2.24) is 5.32 Å². The van der Waals surface area contributed by atoms with E-state index in [1.807, 2.05) is 20.8 Å². The predicted octanol–water partition coefficient (Wildman–Crippen LogP) is 0.211. The lowest BCUT2D eigenvalue weighted by molar-refractivity contribution is -0.568. The first-order valence-electron chi connectivity index (χ1n) is 5.42. The van der Waals surface area contributed by atoms with E-state index >= 15 is 0 Å². The number of nitro groups is 1. The van der Waals surface area contributed by atoms with Gasteiger partial charge in [0, 0.05) is 24.5 Å². The second kappa shape index (κ2) is 4.89. The van der Waals surface area contributed by atoms with E-state index in [0.717, 1.165) is 0 Å². The Labute approximate surface area is 99.8 Å². The normalized spacial score (nSPS) is 19.5. The molecule has 0 fully saturated rings. The molecule has 1 heterocycles. The van der Waals surface area contributed by atoms with Crippen LogP contribution in [0.25, 0.3) is 0 Å². The van der Waals surface area contributed by atoms with Gasteiger partial charge in [-0.2, -0.15) is 9.98 Å². The van der Waals surface area contributed by atoms with Gasteiger partial charge in [-0.1, -0.05) is 0 Å². The van der Waals surface area contributed by atoms with Gasteiger partial charge in [-0.25, -0.2) is 0 Å². The van der Waals surface area contributed by atoms with Gasteiger partial charge < -0.3 is 10.4 Å². The van der Waals surface area contributed by atoms with Crippen LogP contribution in [-0.4, -0.2) is 46.4 Å². The van der Waals surface area contributed by atoms with Gasteiger partial charge in [0.1, 0.15) is 0 Å². The average Bonchev–Trinajstić information content (AvgIpc) is 2.63. The van der Waals surface area contributed by atoms with Gasteiger partial charge in [-0.15, -0.1) is 0 Å². The largest absolute Gasteiger partial charge is 0.414 e. The van der Waals surface area contributed by atoms with Crippen LogP contribution >= 0.6 is 0 Å². The van der Waals surface area contributed by atoms with Gasteiger partial charge in [0.2, 0.25) is 0 Å². The summed E-state index contributed by atoms with van der Waals surface area (Å²) in [5.41, 5.74) is -0.148. The van der Waals surface area contributed by atoms with Crippen molar-refractivity contribution in [3.05, 3.63) is 10.1 Å². The third-order valence-corrected chi connectivity index (χ3v) is 2.30. The summed E-state index contributed by atoms with van der Waals surface area (Å²) in [5.74, 6) is -1.74. The van der Waals surface area contributed by atoms with Crippen LogP contribution in [0, 0.1) is 10.1 Å². The van der Waals surface area contributed by atoms with E-state index in [1.165, 1.54) is 12.4 Å². The number of nitrogens with one attached hydrogen (secondary N) is 1. The molecule has 1 aliphatic rings. The van der Waals surface area contributed by atoms with Gasteiger partial charge >= 0.3 is 5.79 Å². The molecule has 17 heavy (non-hydrogen) atoms. The molecule has 0 spiro atoms. The molecule has 0 aliphatic carbocycles. The smallest absolute Gasteiger partial charge is 0.391 e. The highest BCUT2D eigenvalue weighted by atomic mass is 16.6. The fraction of sp³-hybridized carbons (Fsp3) is 0.800. The van der Waals surface area contributed by atoms with E-state index in [-0.39, 0.29) is 18.5 Å². The standard InChI is InChI=1S/C10H18N4O3/c1-9(2,3)13-7-8(15)6-10(14(16)17)11-4-5-12-10/h4-5,8,13,15H,6-7H2,1-3H3. The van der Waals surface area contributed by atoms with Gasteiger partial charge in [-0.3, -0.25) is 10.1 Å². The minimum absolute atomic E-state index is 0.129. The van der Waals surface area contributed by atoms with E-state index in [2.05, 4.69) is 15.3 Å². The second-order valence-corrected chi connectivity index (χ2v) is 5.08. The third-order valence-electron chi connectivity index (χ3n) is 2.30. The summed E-state index contributed by atoms with van der Waals surface area (Å²) in [6, 6.07) is 0. The predicted molar refractivity (Wildman–Crippen MR) is 65.1 cm³/mol. The first-order valence-corrected chi connectivity index (χ1v) is 5.42. The van der Waals surface area contributed by atoms with E-state index in [0.29, 0.717) is 0 Å². The summed E-state index contributed by atoms with van der Waals surface area (Å²) >= 11 is 0. The Balaban J connectivity index is 2.55. The molecule has 0 aromatic rings. The topological polar surface area (TPSA) is 100 Å². The third kappa shape index (κ3) is 3.86. The number of rotatable bonds is 5. The first kappa shape index (κ1) is 13.7. The molecule has 0 aromatic heterocycles. The van der Waals surface area contributed by atoms with Gasteiger partial charge in [0.25, 0.3) is 0 Å². The molecule has 0 amide bonds. The van der Waals surface area contributed by atoms with Crippen molar-refractivity contribution in [2.24, 2.45) is 9.98 Å². The van der Waals surface area contributed by atoms with Crippen molar-refractivity contribution < 1.29 is 10.0 Å². The maximum absolute atomic E-state index is 10.9. The molecule has 0 radical (unpaired) electrons. The number of hydrogen-bond donors (Lipinski definition) is 2. The van der Waals surface area contributed by atoms with Crippen molar-refractivity contribution in [1.29, 1.82) is 0 Å². The Bertz CT molecular complexity index is 334. The summed E-state index contributed by atoms with van der Waals surface area (Å²) < 4.78 is 0. The summed E-state index contributed by atoms with van der Waals surface area (Å²) in [5, 5.41) is 23.8. The molecule has 1 atom stereocenters. The van der Waals surface area contributed by atoms with Crippen LogP contribution < -0.4 is 5.32 Å². The van der Waals surface area contributed by atoms with Crippen molar-refractivity contribution in [2.75, 3.05) is 6.54 Å². The monoisotopic (exact) mass is 242 g/mol. The van der Waals surface area contributed by atoms with E-state index in [9.17, 15) is 15.2 Å². The van der Waals surface area contributed by atoms with Gasteiger partial charge in [0.05, 0.1) is 17.4 Å². The Morgan fingerprint density at radius 2 is 2.00 bits per heavy atom. The number of aliphatic hydroxyl groups excluding tert-OH is 1. The molecule has 0 saturated carbocycles. The van der Waals surface area contributed by atoms with Crippen LogP contribution in [0.4, 0.5) is 0 Å². The first-order chi connectivity index (χ1) is 7.75. The minimum Gasteiger partial charge on any atom is -0.391 e. The minimum atomic E-state index is -1.74. The van der Waals surface area contributed by atoms with Gasteiger partial charge in [0.15, 0.2) is 0 Å². The van der Waals surface area contributed by atoms with Crippen molar-refractivity contribution in [3.63, 3.8) is 0 Å². The Kier molecular flexibility index (Phi) is 3.94. The number of β-amino-alcohol motifs (C(OH)–C–C–N with tert-alkyl or cyclic N) is 1. The molecule has 1 aliphatic heterocycles. The number of hydrogen-bond acceptors (Lipinski definition) is 6. The fourth-order valence-corrected chi connectivity index (χ4v) is 1.43. The summed E-state index contributed by atoms with van der Waals surface area (Å²) in [6.07, 6.45) is 1.57. The van der Waals surface area contributed by atoms with E-state index < -0.39 is 16.8 Å². The zero-order valence-corrected chi connectivity index (χ0v) is 10.3. The highest BCUT2D eigenvalue weighted by Gasteiger charge is 2.45. The molecule has 2 N–H and O–H groups in total. The van der Waals surface area contributed by atoms with Crippen LogP contribution in [0.1, 0.15) is 27.2 Å². The lowest BCUT2D eigenvalue weighted by Crippen LogP contribution is -2.44. The highest BCUT2D eigenvalue weighted by Crippen LogP contribution is 2.23. The molecule has 0 aromatic carbocycles. The van der Waals surface area contributed by atoms with Crippen LogP contribution in [0.15, 0.2) is 9.98 Å². The van der Waals surface area contributed by atoms with Gasteiger partial charge in [-0.05, 0) is 20.8 Å². The summed E-state index contributed by atoms with van der Waals surface area (Å²) in [6.45, 7) is 6.13. The lowest BCUT2D eigenvalue weighted by Gasteiger charge is -2.24. The van der Waals surface area contributed by atoms with Crippen LogP contribution in [-0.2, 0) is 0 Å². The van der Waals surface area contributed by atoms with E-state index in [1.54, 1.807) is 0 Å². The zero-order chi connectivity index (χ0) is 13.1. The van der Waals surface area contributed by atoms with E-state index in [4.69, 9.17) is 0 Å². The number of nitrogens with zero attached hydrogens (tertiary/aromatic N) is 3. The maximum Gasteiger partial charge on any atom is 0.414 e. The van der Waals surface area contributed by atoms with Crippen molar-refractivity contribution >= 4 is 12.4 Å². The second-order valence-electron chi connectivity index (χ2n) is 5.08. The molecule has 7 heteroatoms. The van der Waals surface area contributed by atoms with Crippen molar-refractivity contribution in [2.45, 2.75) is 44.6 Å². The fourth-order valence-electron chi connectivity index (χ4n) is 1.43. The van der Waals surface area contributed by atoms with Crippen LogP contribution in [0.5, 0.6) is 0 Å². The Hall–Kier alpha value is -1.34. The molecule has 0 saturated heterocycles. The number of aliphatic hydroxyl groups is 1. The SMILES string of the molecule is CC(C)(C)NCC(O)CC1([N+](=O)[O-])N=CC=N1. The summed E-state index contributed by atoms with van der Waals surface area (Å²) in [7, 11) is 0. The van der Waals surface area contributed by atoms with Crippen molar-refractivity contribution in [3.8, 4) is 0 Å². The Morgan fingerprint density at radius 3 is 2.41 bits per heavy atom. The zero-order valence-electron chi connectivity index (χ0n) is 10.3. The highest BCUT2D eigenvalue weighted by molar-refractivity contribution is 6.17. The maximum atomic E-state index is 10.9. The molecule has 7 nitrogen and oxygen atoms in total. The molecule has 96 valence electrons. The lowest BCUT2D eigenvalue weighted by atomic mass is 10.1. The molecule has 1 unspecified atom stereocenters. The quantitative estimate of drug-likeness (QED) is 0.531. The van der Waals surface area contributed by atoms with Crippen LogP contribution in [0.2, 0.25) is 0 Å². The number of aliphatic imine (C=N–C) groups is 2.